The predicted molar refractivity (Wildman–Crippen MR) is 135 cm³/mol. The SMILES string of the molecule is COc1ccc(NS(=O)(=O)c2cc(NC(=S)NC[C@H]3CCCO3)ccc2N2CCCC2)cc1. The summed E-state index contributed by atoms with van der Waals surface area (Å²) >= 11 is 5.41. The Balaban J connectivity index is 1.54. The summed E-state index contributed by atoms with van der Waals surface area (Å²) in [4.78, 5) is 2.33. The second-order valence-corrected chi connectivity index (χ2v) is 10.2. The van der Waals surface area contributed by atoms with Gasteiger partial charge in [-0.1, -0.05) is 0 Å². The van der Waals surface area contributed by atoms with Gasteiger partial charge in [-0.25, -0.2) is 8.42 Å². The second-order valence-electron chi connectivity index (χ2n) is 8.18. The van der Waals surface area contributed by atoms with Gasteiger partial charge in [0.2, 0.25) is 0 Å². The Morgan fingerprint density at radius 3 is 2.52 bits per heavy atom. The molecule has 3 N–H and O–H groups in total. The summed E-state index contributed by atoms with van der Waals surface area (Å²) in [7, 11) is -2.27. The topological polar surface area (TPSA) is 91.9 Å². The molecule has 2 aliphatic rings. The molecule has 2 aromatic rings. The van der Waals surface area contributed by atoms with Gasteiger partial charge in [0.15, 0.2) is 5.11 Å². The minimum absolute atomic E-state index is 0.159. The van der Waals surface area contributed by atoms with Crippen molar-refractivity contribution in [1.29, 1.82) is 0 Å². The van der Waals surface area contributed by atoms with E-state index in [1.165, 1.54) is 0 Å². The van der Waals surface area contributed by atoms with Crippen LogP contribution in [0.5, 0.6) is 5.75 Å². The molecule has 0 aromatic heterocycles. The van der Waals surface area contributed by atoms with E-state index < -0.39 is 10.0 Å². The second kappa shape index (κ2) is 10.6. The van der Waals surface area contributed by atoms with Crippen LogP contribution in [0.1, 0.15) is 25.7 Å². The molecule has 0 aliphatic carbocycles. The highest BCUT2D eigenvalue weighted by Gasteiger charge is 2.25. The molecular formula is C23H30N4O4S2. The van der Waals surface area contributed by atoms with Gasteiger partial charge in [0.25, 0.3) is 10.0 Å². The molecule has 178 valence electrons. The van der Waals surface area contributed by atoms with Gasteiger partial charge >= 0.3 is 0 Å². The van der Waals surface area contributed by atoms with Crippen LogP contribution in [0.3, 0.4) is 0 Å². The lowest BCUT2D eigenvalue weighted by molar-refractivity contribution is 0.114. The van der Waals surface area contributed by atoms with Gasteiger partial charge in [-0.15, -0.1) is 0 Å². The number of hydrogen-bond acceptors (Lipinski definition) is 6. The lowest BCUT2D eigenvalue weighted by Gasteiger charge is -2.23. The lowest BCUT2D eigenvalue weighted by atomic mass is 10.2. The number of nitrogens with zero attached hydrogens (tertiary/aromatic N) is 1. The summed E-state index contributed by atoms with van der Waals surface area (Å²) in [5, 5.41) is 6.71. The zero-order valence-electron chi connectivity index (χ0n) is 18.7. The van der Waals surface area contributed by atoms with Crippen molar-refractivity contribution >= 4 is 44.4 Å². The van der Waals surface area contributed by atoms with Crippen LogP contribution in [0.15, 0.2) is 47.4 Å². The van der Waals surface area contributed by atoms with Crippen molar-refractivity contribution in [3.8, 4) is 5.75 Å². The van der Waals surface area contributed by atoms with Gasteiger partial charge < -0.3 is 25.0 Å². The van der Waals surface area contributed by atoms with E-state index in [-0.39, 0.29) is 11.0 Å². The minimum Gasteiger partial charge on any atom is -0.497 e. The van der Waals surface area contributed by atoms with Crippen LogP contribution in [-0.4, -0.2) is 53.0 Å². The van der Waals surface area contributed by atoms with Crippen LogP contribution >= 0.6 is 12.2 Å². The van der Waals surface area contributed by atoms with Gasteiger partial charge in [-0.3, -0.25) is 4.72 Å². The van der Waals surface area contributed by atoms with Crippen LogP contribution in [0, 0.1) is 0 Å². The maximum absolute atomic E-state index is 13.4. The number of anilines is 3. The van der Waals surface area contributed by atoms with E-state index in [9.17, 15) is 8.42 Å². The molecule has 10 heteroatoms. The van der Waals surface area contributed by atoms with Gasteiger partial charge in [0, 0.05) is 37.6 Å². The highest BCUT2D eigenvalue weighted by atomic mass is 32.2. The Bertz CT molecular complexity index is 1060. The first-order valence-corrected chi connectivity index (χ1v) is 13.1. The van der Waals surface area contributed by atoms with Crippen molar-refractivity contribution < 1.29 is 17.9 Å². The Morgan fingerprint density at radius 2 is 1.85 bits per heavy atom. The molecule has 0 amide bonds. The third-order valence-corrected chi connectivity index (χ3v) is 7.47. The van der Waals surface area contributed by atoms with Crippen molar-refractivity contribution in [3.05, 3.63) is 42.5 Å². The van der Waals surface area contributed by atoms with Crippen LogP contribution in [-0.2, 0) is 14.8 Å². The Kier molecular flexibility index (Phi) is 7.56. The monoisotopic (exact) mass is 490 g/mol. The number of ether oxygens (including phenoxy) is 2. The standard InChI is InChI=1S/C23H30N4O4S2/c1-30-19-9-6-17(7-10-19)26-33(28,29)22-15-18(8-11-21(22)27-12-2-3-13-27)25-23(32)24-16-20-5-4-14-31-20/h6-11,15,20,26H,2-5,12-14,16H2,1H3,(H2,24,25,32)/t20-/m1/s1. The third kappa shape index (κ3) is 6.07. The molecule has 1 atom stereocenters. The third-order valence-electron chi connectivity index (χ3n) is 5.81. The fourth-order valence-corrected chi connectivity index (χ4v) is 5.59. The van der Waals surface area contributed by atoms with Crippen molar-refractivity contribution in [2.45, 2.75) is 36.7 Å². The number of rotatable bonds is 8. The fourth-order valence-electron chi connectivity index (χ4n) is 4.08. The van der Waals surface area contributed by atoms with Crippen LogP contribution in [0.25, 0.3) is 0 Å². The Hall–Kier alpha value is -2.56. The molecule has 8 nitrogen and oxygen atoms in total. The molecular weight excluding hydrogens is 460 g/mol. The van der Waals surface area contributed by atoms with E-state index >= 15 is 0 Å². The summed E-state index contributed by atoms with van der Waals surface area (Å²) in [5.41, 5.74) is 1.77. The van der Waals surface area contributed by atoms with Crippen molar-refractivity contribution in [2.75, 3.05) is 48.3 Å². The Labute approximate surface area is 200 Å². The number of sulfonamides is 1. The van der Waals surface area contributed by atoms with Gasteiger partial charge in [-0.2, -0.15) is 0 Å². The average molecular weight is 491 g/mol. The number of benzene rings is 2. The van der Waals surface area contributed by atoms with Crippen molar-refractivity contribution in [2.24, 2.45) is 0 Å². The number of methoxy groups -OCH3 is 1. The van der Waals surface area contributed by atoms with E-state index in [0.717, 1.165) is 45.4 Å². The van der Waals surface area contributed by atoms with Gasteiger partial charge in [0.1, 0.15) is 10.6 Å². The number of nitrogens with one attached hydrogen (secondary N) is 3. The zero-order chi connectivity index (χ0) is 23.3. The highest BCUT2D eigenvalue weighted by Crippen LogP contribution is 2.32. The Morgan fingerprint density at radius 1 is 1.12 bits per heavy atom. The molecule has 4 rings (SSSR count). The molecule has 2 aliphatic heterocycles. The normalized spacial score (nSPS) is 18.2. The van der Waals surface area contributed by atoms with Crippen LogP contribution in [0.2, 0.25) is 0 Å². The molecule has 0 saturated carbocycles. The first-order valence-electron chi connectivity index (χ1n) is 11.2. The molecule has 0 radical (unpaired) electrons. The van der Waals surface area contributed by atoms with Crippen LogP contribution < -0.4 is 25.0 Å². The quantitative estimate of drug-likeness (QED) is 0.484. The number of hydrogen-bond donors (Lipinski definition) is 3. The maximum Gasteiger partial charge on any atom is 0.264 e. The van der Waals surface area contributed by atoms with Crippen molar-refractivity contribution in [1.82, 2.24) is 5.32 Å². The summed E-state index contributed by atoms with van der Waals surface area (Å²) in [6.07, 6.45) is 4.32. The fraction of sp³-hybridized carbons (Fsp3) is 0.435. The average Bonchev–Trinajstić information content (AvgIpc) is 3.52. The van der Waals surface area contributed by atoms with E-state index in [1.54, 1.807) is 37.4 Å². The van der Waals surface area contributed by atoms with E-state index in [0.29, 0.717) is 34.5 Å². The predicted octanol–water partition coefficient (Wildman–Crippen LogP) is 3.56. The summed E-state index contributed by atoms with van der Waals surface area (Å²) in [6.45, 7) is 3.08. The summed E-state index contributed by atoms with van der Waals surface area (Å²) in [6, 6.07) is 12.1. The molecule has 0 unspecified atom stereocenters. The molecule has 33 heavy (non-hydrogen) atoms. The molecule has 2 heterocycles. The first-order chi connectivity index (χ1) is 15.9. The zero-order valence-corrected chi connectivity index (χ0v) is 20.3. The highest BCUT2D eigenvalue weighted by molar-refractivity contribution is 7.93. The summed E-state index contributed by atoms with van der Waals surface area (Å²) in [5.74, 6) is 0.658. The smallest absolute Gasteiger partial charge is 0.264 e. The maximum atomic E-state index is 13.4. The number of thiocarbonyl (C=S) groups is 1. The van der Waals surface area contributed by atoms with E-state index in [2.05, 4.69) is 20.3 Å². The largest absolute Gasteiger partial charge is 0.497 e. The van der Waals surface area contributed by atoms with E-state index in [4.69, 9.17) is 21.7 Å². The van der Waals surface area contributed by atoms with Crippen molar-refractivity contribution in [3.63, 3.8) is 0 Å². The molecule has 2 saturated heterocycles. The lowest BCUT2D eigenvalue weighted by Crippen LogP contribution is -2.34. The van der Waals surface area contributed by atoms with E-state index in [1.807, 2.05) is 12.1 Å². The first kappa shape index (κ1) is 23.6. The van der Waals surface area contributed by atoms with Gasteiger partial charge in [0.05, 0.1) is 18.9 Å². The van der Waals surface area contributed by atoms with Crippen LogP contribution in [0.4, 0.5) is 17.1 Å². The molecule has 0 spiro atoms. The molecule has 0 bridgehead atoms. The minimum atomic E-state index is -3.84. The van der Waals surface area contributed by atoms with Gasteiger partial charge in [-0.05, 0) is 80.4 Å². The molecule has 2 aromatic carbocycles. The summed E-state index contributed by atoms with van der Waals surface area (Å²) < 4.78 is 40.3. The molecule has 2 fully saturated rings.